The van der Waals surface area contributed by atoms with Gasteiger partial charge in [0.25, 0.3) is 0 Å². The summed E-state index contributed by atoms with van der Waals surface area (Å²) in [5.74, 6) is 0. The molecule has 0 bridgehead atoms. The van der Waals surface area contributed by atoms with Gasteiger partial charge in [-0.3, -0.25) is 5.32 Å². The molecule has 0 atom stereocenters. The Kier molecular flexibility index (Phi) is 3.93. The van der Waals surface area contributed by atoms with Crippen molar-refractivity contribution in [2.45, 2.75) is 13.1 Å². The number of anilines is 2. The number of nitrogens with zero attached hydrogens (tertiary/aromatic N) is 1. The molecule has 2 N–H and O–H groups in total. The zero-order chi connectivity index (χ0) is 14.8. The van der Waals surface area contributed by atoms with Gasteiger partial charge in [-0.1, -0.05) is 0 Å². The Bertz CT molecular complexity index is 607. The Morgan fingerprint density at radius 1 is 1.20 bits per heavy atom. The molecule has 0 radical (unpaired) electrons. The standard InChI is InChI=1S/C12H10F3N3OS/c1-7-6-20-11(16-7)18-10(19)17-9-4-2-8(3-5-9)12(13,14)15/h2-6H,1H3,(H2,16,17,18,19). The molecule has 2 rings (SSSR count). The Hall–Kier alpha value is -2.09. The van der Waals surface area contributed by atoms with Crippen LogP contribution in [0.3, 0.4) is 0 Å². The first-order valence-electron chi connectivity index (χ1n) is 5.52. The van der Waals surface area contributed by atoms with E-state index in [1.165, 1.54) is 23.5 Å². The summed E-state index contributed by atoms with van der Waals surface area (Å²) in [6.07, 6.45) is -4.39. The summed E-state index contributed by atoms with van der Waals surface area (Å²) in [4.78, 5) is 15.6. The number of urea groups is 1. The van der Waals surface area contributed by atoms with Crippen LogP contribution >= 0.6 is 11.3 Å². The van der Waals surface area contributed by atoms with Gasteiger partial charge in [-0.25, -0.2) is 9.78 Å². The lowest BCUT2D eigenvalue weighted by molar-refractivity contribution is -0.137. The zero-order valence-corrected chi connectivity index (χ0v) is 11.1. The summed E-state index contributed by atoms with van der Waals surface area (Å²) in [5, 5.41) is 7.11. The third-order valence-corrected chi connectivity index (χ3v) is 3.19. The van der Waals surface area contributed by atoms with Gasteiger partial charge in [0.05, 0.1) is 11.3 Å². The SMILES string of the molecule is Cc1csc(NC(=O)Nc2ccc(C(F)(F)F)cc2)n1. The van der Waals surface area contributed by atoms with Crippen LogP contribution in [0.1, 0.15) is 11.3 Å². The van der Waals surface area contributed by atoms with E-state index in [0.717, 1.165) is 17.8 Å². The molecule has 1 heterocycles. The van der Waals surface area contributed by atoms with Crippen molar-refractivity contribution in [3.8, 4) is 0 Å². The Labute approximate surface area is 116 Å². The van der Waals surface area contributed by atoms with Crippen LogP contribution in [0, 0.1) is 6.92 Å². The fourth-order valence-corrected chi connectivity index (χ4v) is 2.10. The summed E-state index contributed by atoms with van der Waals surface area (Å²) < 4.78 is 37.1. The highest BCUT2D eigenvalue weighted by Crippen LogP contribution is 2.29. The summed E-state index contributed by atoms with van der Waals surface area (Å²) in [6.45, 7) is 1.79. The lowest BCUT2D eigenvalue weighted by atomic mass is 10.2. The molecule has 0 aliphatic rings. The number of benzene rings is 1. The molecule has 20 heavy (non-hydrogen) atoms. The van der Waals surface area contributed by atoms with E-state index in [0.29, 0.717) is 5.13 Å². The molecule has 0 aliphatic carbocycles. The topological polar surface area (TPSA) is 54.0 Å². The van der Waals surface area contributed by atoms with Gasteiger partial charge < -0.3 is 5.32 Å². The van der Waals surface area contributed by atoms with Gasteiger partial charge in [-0.15, -0.1) is 11.3 Å². The number of alkyl halides is 3. The van der Waals surface area contributed by atoms with E-state index in [9.17, 15) is 18.0 Å². The molecule has 0 aliphatic heterocycles. The first-order valence-corrected chi connectivity index (χ1v) is 6.40. The number of nitrogens with one attached hydrogen (secondary N) is 2. The average Bonchev–Trinajstić information content (AvgIpc) is 2.74. The van der Waals surface area contributed by atoms with Gasteiger partial charge in [0.15, 0.2) is 5.13 Å². The predicted molar refractivity (Wildman–Crippen MR) is 70.9 cm³/mol. The van der Waals surface area contributed by atoms with Crippen LogP contribution in [0.15, 0.2) is 29.6 Å². The maximum Gasteiger partial charge on any atom is 0.416 e. The van der Waals surface area contributed by atoms with E-state index >= 15 is 0 Å². The number of rotatable bonds is 2. The third kappa shape index (κ3) is 3.70. The highest BCUT2D eigenvalue weighted by Gasteiger charge is 2.29. The smallest absolute Gasteiger partial charge is 0.308 e. The summed E-state index contributed by atoms with van der Waals surface area (Å²) in [7, 11) is 0. The van der Waals surface area contributed by atoms with Crippen LogP contribution < -0.4 is 10.6 Å². The van der Waals surface area contributed by atoms with Gasteiger partial charge in [-0.2, -0.15) is 13.2 Å². The van der Waals surface area contributed by atoms with Gasteiger partial charge in [0.1, 0.15) is 0 Å². The maximum absolute atomic E-state index is 12.4. The predicted octanol–water partition coefficient (Wildman–Crippen LogP) is 4.11. The van der Waals surface area contributed by atoms with E-state index in [2.05, 4.69) is 15.6 Å². The van der Waals surface area contributed by atoms with Crippen LogP contribution in [0.4, 0.5) is 28.8 Å². The van der Waals surface area contributed by atoms with Crippen molar-refractivity contribution in [2.75, 3.05) is 10.6 Å². The summed E-state index contributed by atoms with van der Waals surface area (Å²) in [5.41, 5.74) is 0.280. The van der Waals surface area contributed by atoms with Crippen molar-refractivity contribution in [1.82, 2.24) is 4.98 Å². The van der Waals surface area contributed by atoms with Gasteiger partial charge in [-0.05, 0) is 31.2 Å². The molecule has 0 fully saturated rings. The molecule has 0 saturated carbocycles. The highest BCUT2D eigenvalue weighted by atomic mass is 32.1. The van der Waals surface area contributed by atoms with E-state index in [4.69, 9.17) is 0 Å². The lowest BCUT2D eigenvalue weighted by Gasteiger charge is -2.08. The highest BCUT2D eigenvalue weighted by molar-refractivity contribution is 7.13. The second kappa shape index (κ2) is 5.49. The molecule has 2 amide bonds. The minimum Gasteiger partial charge on any atom is -0.308 e. The second-order valence-corrected chi connectivity index (χ2v) is 4.81. The molecule has 2 aromatic rings. The molecule has 0 saturated heterocycles. The first kappa shape index (κ1) is 14.3. The maximum atomic E-state index is 12.4. The van der Waals surface area contributed by atoms with Crippen molar-refractivity contribution >= 4 is 28.2 Å². The molecule has 0 unspecified atom stereocenters. The number of carbonyl (C=O) groups excluding carboxylic acids is 1. The average molecular weight is 301 g/mol. The van der Waals surface area contributed by atoms with Gasteiger partial charge in [0, 0.05) is 11.1 Å². The molecule has 4 nitrogen and oxygen atoms in total. The minimum absolute atomic E-state index is 0.267. The number of hydrogen-bond acceptors (Lipinski definition) is 3. The fraction of sp³-hybridized carbons (Fsp3) is 0.167. The first-order chi connectivity index (χ1) is 9.34. The van der Waals surface area contributed by atoms with Crippen LogP contribution in [0.25, 0.3) is 0 Å². The number of hydrogen-bond donors (Lipinski definition) is 2. The van der Waals surface area contributed by atoms with Crippen LogP contribution in [0.5, 0.6) is 0 Å². The van der Waals surface area contributed by atoms with E-state index in [-0.39, 0.29) is 5.69 Å². The van der Waals surface area contributed by atoms with Crippen molar-refractivity contribution in [1.29, 1.82) is 0 Å². The van der Waals surface area contributed by atoms with E-state index in [1.54, 1.807) is 12.3 Å². The van der Waals surface area contributed by atoms with Crippen molar-refractivity contribution in [2.24, 2.45) is 0 Å². The normalized spacial score (nSPS) is 11.2. The van der Waals surface area contributed by atoms with E-state index in [1.807, 2.05) is 0 Å². The van der Waals surface area contributed by atoms with Crippen molar-refractivity contribution in [3.05, 3.63) is 40.9 Å². The molecule has 1 aromatic heterocycles. The largest absolute Gasteiger partial charge is 0.416 e. The second-order valence-electron chi connectivity index (χ2n) is 3.95. The molecular formula is C12H10F3N3OS. The number of halogens is 3. The monoisotopic (exact) mass is 301 g/mol. The Morgan fingerprint density at radius 3 is 2.35 bits per heavy atom. The van der Waals surface area contributed by atoms with Crippen molar-refractivity contribution < 1.29 is 18.0 Å². The van der Waals surface area contributed by atoms with Gasteiger partial charge >= 0.3 is 12.2 Å². The lowest BCUT2D eigenvalue weighted by Crippen LogP contribution is -2.19. The third-order valence-electron chi connectivity index (χ3n) is 2.31. The summed E-state index contributed by atoms with van der Waals surface area (Å²) >= 11 is 1.26. The number of thiazole rings is 1. The fourth-order valence-electron chi connectivity index (χ4n) is 1.41. The van der Waals surface area contributed by atoms with Crippen LogP contribution in [-0.4, -0.2) is 11.0 Å². The number of aryl methyl sites for hydroxylation is 1. The number of amides is 2. The Morgan fingerprint density at radius 2 is 1.85 bits per heavy atom. The Balaban J connectivity index is 1.98. The quantitative estimate of drug-likeness (QED) is 0.877. The van der Waals surface area contributed by atoms with Gasteiger partial charge in [0.2, 0.25) is 0 Å². The van der Waals surface area contributed by atoms with Crippen molar-refractivity contribution in [3.63, 3.8) is 0 Å². The molecule has 106 valence electrons. The molecular weight excluding hydrogens is 291 g/mol. The molecule has 1 aromatic carbocycles. The number of carbonyl (C=O) groups is 1. The number of aromatic nitrogens is 1. The van der Waals surface area contributed by atoms with Crippen LogP contribution in [0.2, 0.25) is 0 Å². The van der Waals surface area contributed by atoms with Crippen LogP contribution in [-0.2, 0) is 6.18 Å². The molecule has 8 heteroatoms. The van der Waals surface area contributed by atoms with E-state index < -0.39 is 17.8 Å². The summed E-state index contributed by atoms with van der Waals surface area (Å²) in [6, 6.07) is 3.64. The molecule has 0 spiro atoms. The zero-order valence-electron chi connectivity index (χ0n) is 10.3. The minimum atomic E-state index is -4.39.